The van der Waals surface area contributed by atoms with Crippen molar-refractivity contribution < 1.29 is 4.74 Å². The zero-order chi connectivity index (χ0) is 9.42. The Bertz CT molecular complexity index is 333. The Labute approximate surface area is 87.2 Å². The third-order valence-electron chi connectivity index (χ3n) is 2.80. The molecule has 13 heavy (non-hydrogen) atoms. The van der Waals surface area contributed by atoms with Gasteiger partial charge in [0.25, 0.3) is 0 Å². The fourth-order valence-electron chi connectivity index (χ4n) is 1.97. The molecule has 1 aliphatic carbocycles. The van der Waals surface area contributed by atoms with Gasteiger partial charge in [0, 0.05) is 4.47 Å². The molecule has 0 amide bonds. The molecule has 1 nitrogen and oxygen atoms in total. The second-order valence-corrected chi connectivity index (χ2v) is 4.47. The number of methoxy groups -OCH3 is 1. The molecule has 0 spiro atoms. The van der Waals surface area contributed by atoms with Crippen LogP contribution >= 0.6 is 15.9 Å². The van der Waals surface area contributed by atoms with Gasteiger partial charge >= 0.3 is 0 Å². The number of hydrogen-bond acceptors (Lipinski definition) is 1. The summed E-state index contributed by atoms with van der Waals surface area (Å²) in [5, 5.41) is 0. The average molecular weight is 241 g/mol. The lowest BCUT2D eigenvalue weighted by atomic mass is 10.0. The molecule has 0 saturated heterocycles. The molecule has 0 bridgehead atoms. The smallest absolute Gasteiger partial charge is 0.120 e. The average Bonchev–Trinajstić information content (AvgIpc) is 2.48. The van der Waals surface area contributed by atoms with E-state index in [4.69, 9.17) is 4.74 Å². The molecule has 1 atom stereocenters. The van der Waals surface area contributed by atoms with Gasteiger partial charge in [-0.2, -0.15) is 0 Å². The summed E-state index contributed by atoms with van der Waals surface area (Å²) < 4.78 is 6.44. The summed E-state index contributed by atoms with van der Waals surface area (Å²) >= 11 is 3.59. The molecule has 1 aromatic carbocycles. The molecule has 70 valence electrons. The van der Waals surface area contributed by atoms with Gasteiger partial charge in [0.05, 0.1) is 7.11 Å². The lowest BCUT2D eigenvalue weighted by Gasteiger charge is -2.08. The minimum Gasteiger partial charge on any atom is -0.497 e. The van der Waals surface area contributed by atoms with Gasteiger partial charge in [-0.15, -0.1) is 0 Å². The predicted molar refractivity (Wildman–Crippen MR) is 57.4 cm³/mol. The Morgan fingerprint density at radius 1 is 1.46 bits per heavy atom. The molecular weight excluding hydrogens is 228 g/mol. The Balaban J connectivity index is 2.53. The lowest BCUT2D eigenvalue weighted by molar-refractivity contribution is 0.414. The van der Waals surface area contributed by atoms with E-state index in [9.17, 15) is 0 Å². The van der Waals surface area contributed by atoms with Gasteiger partial charge < -0.3 is 4.74 Å². The molecule has 0 radical (unpaired) electrons. The first kappa shape index (κ1) is 9.07. The summed E-state index contributed by atoms with van der Waals surface area (Å²) in [6.45, 7) is 2.28. The predicted octanol–water partition coefficient (Wildman–Crippen LogP) is 3.51. The van der Waals surface area contributed by atoms with Gasteiger partial charge in [-0.05, 0) is 42.0 Å². The molecule has 1 aliphatic rings. The van der Waals surface area contributed by atoms with Crippen LogP contribution in [0.15, 0.2) is 16.6 Å². The molecule has 0 aromatic heterocycles. The Morgan fingerprint density at radius 3 is 2.92 bits per heavy atom. The monoisotopic (exact) mass is 240 g/mol. The fourth-order valence-corrected chi connectivity index (χ4v) is 2.62. The second-order valence-electron chi connectivity index (χ2n) is 3.62. The highest BCUT2D eigenvalue weighted by molar-refractivity contribution is 9.10. The van der Waals surface area contributed by atoms with Crippen molar-refractivity contribution in [3.8, 4) is 5.75 Å². The van der Waals surface area contributed by atoms with Crippen LogP contribution in [0.25, 0.3) is 0 Å². The molecule has 2 rings (SSSR count). The van der Waals surface area contributed by atoms with E-state index in [0.717, 1.165) is 5.75 Å². The topological polar surface area (TPSA) is 9.23 Å². The Morgan fingerprint density at radius 2 is 2.23 bits per heavy atom. The Hall–Kier alpha value is -0.500. The normalized spacial score (nSPS) is 20.1. The maximum absolute atomic E-state index is 5.24. The maximum Gasteiger partial charge on any atom is 0.120 e. The summed E-state index contributed by atoms with van der Waals surface area (Å²) in [5.74, 6) is 1.64. The number of halogens is 1. The largest absolute Gasteiger partial charge is 0.497 e. The van der Waals surface area contributed by atoms with Crippen molar-refractivity contribution in [2.24, 2.45) is 0 Å². The molecule has 0 heterocycles. The number of hydrogen-bond donors (Lipinski definition) is 0. The first-order chi connectivity index (χ1) is 6.22. The van der Waals surface area contributed by atoms with E-state index in [1.165, 1.54) is 28.4 Å². The van der Waals surface area contributed by atoms with Crippen LogP contribution in [-0.4, -0.2) is 7.11 Å². The third kappa shape index (κ3) is 1.48. The second kappa shape index (κ2) is 3.33. The first-order valence-corrected chi connectivity index (χ1v) is 5.38. The van der Waals surface area contributed by atoms with Crippen LogP contribution in [-0.2, 0) is 6.42 Å². The van der Waals surface area contributed by atoms with Gasteiger partial charge in [-0.25, -0.2) is 0 Å². The maximum atomic E-state index is 5.24. The van der Waals surface area contributed by atoms with Crippen molar-refractivity contribution in [2.75, 3.05) is 7.11 Å². The van der Waals surface area contributed by atoms with Crippen LogP contribution in [0, 0.1) is 0 Å². The van der Waals surface area contributed by atoms with E-state index in [1.54, 1.807) is 7.11 Å². The van der Waals surface area contributed by atoms with Crippen molar-refractivity contribution in [1.82, 2.24) is 0 Å². The van der Waals surface area contributed by atoms with E-state index in [1.807, 2.05) is 0 Å². The van der Waals surface area contributed by atoms with Crippen LogP contribution in [0.3, 0.4) is 0 Å². The lowest BCUT2D eigenvalue weighted by Crippen LogP contribution is -1.90. The van der Waals surface area contributed by atoms with E-state index >= 15 is 0 Å². The van der Waals surface area contributed by atoms with Gasteiger partial charge in [0.2, 0.25) is 0 Å². The number of rotatable bonds is 1. The number of fused-ring (bicyclic) bond motifs is 1. The molecule has 0 fully saturated rings. The molecule has 1 aromatic rings. The molecule has 0 saturated carbocycles. The summed E-state index contributed by atoms with van der Waals surface area (Å²) in [5.41, 5.74) is 2.92. The van der Waals surface area contributed by atoms with Gasteiger partial charge in [0.15, 0.2) is 0 Å². The van der Waals surface area contributed by atoms with Crippen molar-refractivity contribution >= 4 is 15.9 Å². The van der Waals surface area contributed by atoms with Crippen LogP contribution in [0.4, 0.5) is 0 Å². The molecule has 0 N–H and O–H groups in total. The zero-order valence-electron chi connectivity index (χ0n) is 7.93. The molecule has 2 heteroatoms. The minimum atomic E-state index is 0.682. The van der Waals surface area contributed by atoms with E-state index in [0.29, 0.717) is 5.92 Å². The molecular formula is C11H13BrO. The summed E-state index contributed by atoms with van der Waals surface area (Å²) in [6, 6.07) is 4.22. The van der Waals surface area contributed by atoms with E-state index < -0.39 is 0 Å². The zero-order valence-corrected chi connectivity index (χ0v) is 9.52. The van der Waals surface area contributed by atoms with Crippen molar-refractivity contribution in [1.29, 1.82) is 0 Å². The SMILES string of the molecule is COc1cc(Br)c2c(c1)C(C)CC2. The highest BCUT2D eigenvalue weighted by Crippen LogP contribution is 2.39. The number of benzene rings is 1. The molecule has 0 aliphatic heterocycles. The standard InChI is InChI=1S/C11H13BrO/c1-7-3-4-9-10(7)5-8(13-2)6-11(9)12/h5-7H,3-4H2,1-2H3. The van der Waals surface area contributed by atoms with E-state index in [2.05, 4.69) is 35.0 Å². The number of ether oxygens (including phenoxy) is 1. The minimum absolute atomic E-state index is 0.682. The molecule has 1 unspecified atom stereocenters. The van der Waals surface area contributed by atoms with Crippen molar-refractivity contribution in [3.63, 3.8) is 0 Å². The summed E-state index contributed by atoms with van der Waals surface area (Å²) in [4.78, 5) is 0. The third-order valence-corrected chi connectivity index (χ3v) is 3.51. The van der Waals surface area contributed by atoms with Crippen LogP contribution in [0.2, 0.25) is 0 Å². The van der Waals surface area contributed by atoms with E-state index in [-0.39, 0.29) is 0 Å². The first-order valence-electron chi connectivity index (χ1n) is 4.58. The van der Waals surface area contributed by atoms with Crippen molar-refractivity contribution in [2.45, 2.75) is 25.7 Å². The van der Waals surface area contributed by atoms with Gasteiger partial charge in [0.1, 0.15) is 5.75 Å². The summed E-state index contributed by atoms with van der Waals surface area (Å²) in [7, 11) is 1.72. The fraction of sp³-hybridized carbons (Fsp3) is 0.455. The highest BCUT2D eigenvalue weighted by atomic mass is 79.9. The summed E-state index contributed by atoms with van der Waals surface area (Å²) in [6.07, 6.45) is 2.46. The van der Waals surface area contributed by atoms with Gasteiger partial charge in [-0.1, -0.05) is 22.9 Å². The van der Waals surface area contributed by atoms with Crippen LogP contribution < -0.4 is 4.74 Å². The quantitative estimate of drug-likeness (QED) is 0.731. The van der Waals surface area contributed by atoms with Crippen LogP contribution in [0.1, 0.15) is 30.4 Å². The van der Waals surface area contributed by atoms with Gasteiger partial charge in [-0.3, -0.25) is 0 Å². The Kier molecular flexibility index (Phi) is 2.33. The van der Waals surface area contributed by atoms with Crippen LogP contribution in [0.5, 0.6) is 5.75 Å². The highest BCUT2D eigenvalue weighted by Gasteiger charge is 2.21. The van der Waals surface area contributed by atoms with Crippen molar-refractivity contribution in [3.05, 3.63) is 27.7 Å².